The van der Waals surface area contributed by atoms with Gasteiger partial charge in [0.1, 0.15) is 22.8 Å². The van der Waals surface area contributed by atoms with E-state index in [1.165, 1.54) is 29.9 Å². The molecule has 0 saturated carbocycles. The van der Waals surface area contributed by atoms with Gasteiger partial charge in [-0.3, -0.25) is 9.59 Å². The number of ether oxygens (including phenoxy) is 1. The molecular weight excluding hydrogens is 392 g/mol. The Kier molecular flexibility index (Phi) is 6.44. The summed E-state index contributed by atoms with van der Waals surface area (Å²) >= 11 is 0. The van der Waals surface area contributed by atoms with E-state index in [0.29, 0.717) is 23.2 Å². The second-order valence-corrected chi connectivity index (χ2v) is 8.08. The largest absolute Gasteiger partial charge is 0.507 e. The number of hydrogen-bond donors (Lipinski definition) is 2. The molecule has 0 aliphatic carbocycles. The maximum absolute atomic E-state index is 12.6. The van der Waals surface area contributed by atoms with Gasteiger partial charge >= 0.3 is 0 Å². The molecule has 3 rings (SSSR count). The first-order valence-electron chi connectivity index (χ1n) is 10.1. The van der Waals surface area contributed by atoms with Gasteiger partial charge in [-0.1, -0.05) is 23.8 Å². The van der Waals surface area contributed by atoms with Crippen LogP contribution in [0, 0.1) is 0 Å². The molecule has 2 aromatic rings. The standard InChI is InChI=1S/C26H26O5/c1-17(2)5-4-13-26(3)14-12-21-24(31-26)11-8-20(25(21)30)23(29)10-7-18-6-9-22(28)19(15-18)16-27/h5-12,14-16,28,30H,4,13H2,1-3H3/b10-7+. The van der Waals surface area contributed by atoms with Crippen LogP contribution in [0.15, 0.2) is 54.1 Å². The Bertz CT molecular complexity index is 1100. The quantitative estimate of drug-likeness (QED) is 0.260. The van der Waals surface area contributed by atoms with E-state index in [1.54, 1.807) is 24.3 Å². The summed E-state index contributed by atoms with van der Waals surface area (Å²) in [6.45, 7) is 6.11. The van der Waals surface area contributed by atoms with E-state index in [9.17, 15) is 19.8 Å². The summed E-state index contributed by atoms with van der Waals surface area (Å²) in [4.78, 5) is 23.6. The van der Waals surface area contributed by atoms with Crippen molar-refractivity contribution in [1.82, 2.24) is 0 Å². The van der Waals surface area contributed by atoms with Crippen LogP contribution >= 0.6 is 0 Å². The highest BCUT2D eigenvalue weighted by molar-refractivity contribution is 6.09. The van der Waals surface area contributed by atoms with Crippen LogP contribution in [0.5, 0.6) is 17.2 Å². The van der Waals surface area contributed by atoms with Gasteiger partial charge in [0, 0.05) is 0 Å². The van der Waals surface area contributed by atoms with Gasteiger partial charge in [0.15, 0.2) is 12.1 Å². The molecule has 0 saturated heterocycles. The number of rotatable bonds is 7. The van der Waals surface area contributed by atoms with Crippen molar-refractivity contribution in [2.75, 3.05) is 0 Å². The number of phenols is 2. The SMILES string of the molecule is CC(C)=CCCC1(C)C=Cc2c(ccc(C(=O)/C=C/c3ccc(O)c(C=O)c3)c2O)O1. The summed E-state index contributed by atoms with van der Waals surface area (Å²) in [5.74, 6) is -0.0970. The fraction of sp³-hybridized carbons (Fsp3) is 0.231. The Morgan fingerprint density at radius 2 is 1.94 bits per heavy atom. The van der Waals surface area contributed by atoms with Crippen LogP contribution in [0.2, 0.25) is 0 Å². The lowest BCUT2D eigenvalue weighted by atomic mass is 9.93. The molecule has 0 radical (unpaired) electrons. The second kappa shape index (κ2) is 9.04. The topological polar surface area (TPSA) is 83.8 Å². The molecule has 0 aromatic heterocycles. The van der Waals surface area contributed by atoms with Crippen LogP contribution in [0.1, 0.15) is 65.5 Å². The van der Waals surface area contributed by atoms with Crippen molar-refractivity contribution in [3.05, 3.63) is 76.4 Å². The van der Waals surface area contributed by atoms with Crippen molar-refractivity contribution in [2.45, 2.75) is 39.2 Å². The highest BCUT2D eigenvalue weighted by atomic mass is 16.5. The molecule has 1 aliphatic rings. The highest BCUT2D eigenvalue weighted by Gasteiger charge is 2.29. The lowest BCUT2D eigenvalue weighted by Crippen LogP contribution is -2.31. The summed E-state index contributed by atoms with van der Waals surface area (Å²) < 4.78 is 6.12. The van der Waals surface area contributed by atoms with E-state index in [0.717, 1.165) is 12.8 Å². The monoisotopic (exact) mass is 418 g/mol. The molecule has 2 N–H and O–H groups in total. The van der Waals surface area contributed by atoms with Crippen molar-refractivity contribution in [3.8, 4) is 17.2 Å². The smallest absolute Gasteiger partial charge is 0.189 e. The van der Waals surface area contributed by atoms with Gasteiger partial charge in [-0.2, -0.15) is 0 Å². The minimum absolute atomic E-state index is 0.120. The third kappa shape index (κ3) is 5.12. The zero-order valence-electron chi connectivity index (χ0n) is 17.9. The number of carbonyl (C=O) groups excluding carboxylic acids is 2. The van der Waals surface area contributed by atoms with Crippen LogP contribution in [0.4, 0.5) is 0 Å². The molecule has 5 heteroatoms. The predicted molar refractivity (Wildman–Crippen MR) is 122 cm³/mol. The van der Waals surface area contributed by atoms with Gasteiger partial charge in [0.25, 0.3) is 0 Å². The van der Waals surface area contributed by atoms with Gasteiger partial charge in [0.05, 0.1) is 16.7 Å². The minimum Gasteiger partial charge on any atom is -0.507 e. The van der Waals surface area contributed by atoms with Gasteiger partial charge in [-0.15, -0.1) is 0 Å². The molecule has 31 heavy (non-hydrogen) atoms. The number of benzene rings is 2. The van der Waals surface area contributed by atoms with Crippen LogP contribution in [-0.2, 0) is 0 Å². The Morgan fingerprint density at radius 1 is 1.16 bits per heavy atom. The number of hydrogen-bond acceptors (Lipinski definition) is 5. The average Bonchev–Trinajstić information content (AvgIpc) is 2.72. The zero-order valence-corrected chi connectivity index (χ0v) is 17.9. The molecule has 1 heterocycles. The van der Waals surface area contributed by atoms with E-state index in [4.69, 9.17) is 4.74 Å². The summed E-state index contributed by atoms with van der Waals surface area (Å²) in [5, 5.41) is 20.2. The van der Waals surface area contributed by atoms with E-state index in [1.807, 2.05) is 13.0 Å². The molecule has 0 spiro atoms. The van der Waals surface area contributed by atoms with Crippen LogP contribution in [-0.4, -0.2) is 27.9 Å². The first kappa shape index (κ1) is 22.1. The summed E-state index contributed by atoms with van der Waals surface area (Å²) in [6, 6.07) is 7.70. The van der Waals surface area contributed by atoms with Crippen molar-refractivity contribution in [1.29, 1.82) is 0 Å². The first-order valence-corrected chi connectivity index (χ1v) is 10.1. The van der Waals surface area contributed by atoms with Gasteiger partial charge < -0.3 is 14.9 Å². The first-order chi connectivity index (χ1) is 14.7. The Balaban J connectivity index is 1.80. The average molecular weight is 418 g/mol. The minimum atomic E-state index is -0.480. The van der Waals surface area contributed by atoms with Crippen LogP contribution in [0.25, 0.3) is 12.2 Å². The van der Waals surface area contributed by atoms with Crippen molar-refractivity contribution in [3.63, 3.8) is 0 Å². The number of aromatic hydroxyl groups is 2. The predicted octanol–water partition coefficient (Wildman–Crippen LogP) is 5.72. The fourth-order valence-electron chi connectivity index (χ4n) is 3.40. The maximum Gasteiger partial charge on any atom is 0.189 e. The molecule has 160 valence electrons. The molecule has 0 bridgehead atoms. The van der Waals surface area contributed by atoms with E-state index < -0.39 is 5.60 Å². The Morgan fingerprint density at radius 3 is 2.65 bits per heavy atom. The number of ketones is 1. The van der Waals surface area contributed by atoms with Gasteiger partial charge in [-0.05, 0) is 81.7 Å². The number of phenolic OH excluding ortho intramolecular Hbond substituents is 2. The number of aldehydes is 1. The third-order valence-electron chi connectivity index (χ3n) is 5.19. The second-order valence-electron chi connectivity index (χ2n) is 8.08. The molecule has 1 unspecified atom stereocenters. The lowest BCUT2D eigenvalue weighted by Gasteiger charge is -2.32. The third-order valence-corrected chi connectivity index (χ3v) is 5.19. The molecule has 2 aromatic carbocycles. The summed E-state index contributed by atoms with van der Waals surface area (Å²) in [7, 11) is 0. The van der Waals surface area contributed by atoms with E-state index >= 15 is 0 Å². The van der Waals surface area contributed by atoms with Crippen molar-refractivity contribution < 1.29 is 24.5 Å². The highest BCUT2D eigenvalue weighted by Crippen LogP contribution is 2.40. The van der Waals surface area contributed by atoms with Crippen molar-refractivity contribution in [2.24, 2.45) is 0 Å². The van der Waals surface area contributed by atoms with E-state index in [2.05, 4.69) is 19.9 Å². The molecular formula is C26H26O5. The molecule has 1 atom stereocenters. The fourth-order valence-corrected chi connectivity index (χ4v) is 3.40. The van der Waals surface area contributed by atoms with Gasteiger partial charge in [-0.25, -0.2) is 0 Å². The van der Waals surface area contributed by atoms with Crippen molar-refractivity contribution >= 4 is 24.2 Å². The van der Waals surface area contributed by atoms with Crippen LogP contribution in [0.3, 0.4) is 0 Å². The Hall–Kier alpha value is -3.60. The number of carbonyl (C=O) groups is 2. The van der Waals surface area contributed by atoms with E-state index in [-0.39, 0.29) is 28.4 Å². The molecule has 1 aliphatic heterocycles. The molecule has 5 nitrogen and oxygen atoms in total. The normalized spacial score (nSPS) is 17.1. The molecule has 0 amide bonds. The van der Waals surface area contributed by atoms with Gasteiger partial charge in [0.2, 0.25) is 0 Å². The van der Waals surface area contributed by atoms with Crippen LogP contribution < -0.4 is 4.74 Å². The zero-order chi connectivity index (χ0) is 22.6. The lowest BCUT2D eigenvalue weighted by molar-refractivity contribution is 0.104. The number of allylic oxidation sites excluding steroid dienone is 3. The maximum atomic E-state index is 12.6. The number of fused-ring (bicyclic) bond motifs is 1. The summed E-state index contributed by atoms with van der Waals surface area (Å²) in [5.41, 5.74) is 2.14. The summed E-state index contributed by atoms with van der Waals surface area (Å²) in [6.07, 6.45) is 10.9. The Labute approximate surface area is 182 Å². The molecule has 0 fully saturated rings.